The molecule has 2 aliphatic heterocycles. The maximum absolute atomic E-state index is 12.6. The van der Waals surface area contributed by atoms with Gasteiger partial charge in [0.1, 0.15) is 41.7 Å². The zero-order valence-electron chi connectivity index (χ0n) is 30.4. The number of aliphatic hydroxyl groups is 4. The van der Waals surface area contributed by atoms with Crippen LogP contribution in [-0.4, -0.2) is 81.7 Å². The zero-order chi connectivity index (χ0) is 37.0. The molecular formula is C39H58O11. The van der Waals surface area contributed by atoms with Crippen molar-refractivity contribution in [2.75, 3.05) is 13.7 Å². The average Bonchev–Trinajstić information content (AvgIpc) is 3.08. The van der Waals surface area contributed by atoms with Crippen LogP contribution in [0, 0.1) is 24.7 Å². The predicted molar refractivity (Wildman–Crippen MR) is 188 cm³/mol. The van der Waals surface area contributed by atoms with Crippen molar-refractivity contribution in [2.45, 2.75) is 129 Å². The molecule has 4 rings (SSSR count). The predicted octanol–water partition coefficient (Wildman–Crippen LogP) is 5.79. The van der Waals surface area contributed by atoms with Crippen molar-refractivity contribution < 1.29 is 54.1 Å². The lowest BCUT2D eigenvalue weighted by atomic mass is 9.92. The largest absolute Gasteiger partial charge is 0.508 e. The van der Waals surface area contributed by atoms with Gasteiger partial charge in [-0.1, -0.05) is 65.5 Å². The second-order valence-corrected chi connectivity index (χ2v) is 14.2. The van der Waals surface area contributed by atoms with Crippen molar-refractivity contribution in [3.8, 4) is 17.2 Å². The standard InChI is InChI=1S/C23H26O8.C16H32O3/c1-3-17-20(26)21(27)22(28)23(31-17)29-13-6-7-14-16(25)10-18(30-19(14)9-13)12-5-4-11(2)15(24)8-12;1-13(2)7-5-9-15(12-17)10-6-8-14(3)11-16(18)19-4/h4-9,17-18,20-24,26-28H,3,10H2,1-2H3;13-15,17H,5-12H2,1-4H3/t;14-,15-/m.1/s1. The van der Waals surface area contributed by atoms with Crippen LogP contribution in [0.2, 0.25) is 0 Å². The third-order valence-electron chi connectivity index (χ3n) is 9.53. The summed E-state index contributed by atoms with van der Waals surface area (Å²) < 4.78 is 22.0. The molecule has 1 fully saturated rings. The van der Waals surface area contributed by atoms with E-state index in [1.807, 2.05) is 6.07 Å². The van der Waals surface area contributed by atoms with Crippen molar-refractivity contribution in [2.24, 2.45) is 17.8 Å². The molecule has 5 N–H and O–H groups in total. The van der Waals surface area contributed by atoms with Gasteiger partial charge in [-0.25, -0.2) is 0 Å². The molecule has 8 atom stereocenters. The summed E-state index contributed by atoms with van der Waals surface area (Å²) in [6.45, 7) is 10.4. The summed E-state index contributed by atoms with van der Waals surface area (Å²) in [5, 5.41) is 49.7. The smallest absolute Gasteiger partial charge is 0.305 e. The van der Waals surface area contributed by atoms with Gasteiger partial charge in [0.15, 0.2) is 5.78 Å². The van der Waals surface area contributed by atoms with Crippen molar-refractivity contribution in [1.82, 2.24) is 0 Å². The first-order valence-corrected chi connectivity index (χ1v) is 17.9. The summed E-state index contributed by atoms with van der Waals surface area (Å²) in [6, 6.07) is 9.83. The molecule has 0 radical (unpaired) electrons. The third kappa shape index (κ3) is 11.9. The highest BCUT2D eigenvalue weighted by molar-refractivity contribution is 6.00. The Hall–Kier alpha value is -3.22. The van der Waals surface area contributed by atoms with E-state index in [4.69, 9.17) is 14.2 Å². The fraction of sp³-hybridized carbons (Fsp3) is 0.641. The summed E-state index contributed by atoms with van der Waals surface area (Å²) in [5.41, 5.74) is 1.82. The van der Waals surface area contributed by atoms with E-state index in [-0.39, 0.29) is 29.7 Å². The lowest BCUT2D eigenvalue weighted by Crippen LogP contribution is -2.58. The summed E-state index contributed by atoms with van der Waals surface area (Å²) in [4.78, 5) is 23.7. The first-order valence-electron chi connectivity index (χ1n) is 17.9. The SMILES string of the molecule is CCC1OC(Oc2ccc3c(c2)OC(c2ccc(C)c(O)c2)CC3=O)C(O)C(O)C1O.COC(=O)C[C@H](C)CCC[C@H](CO)CCCC(C)C. The Morgan fingerprint density at radius 1 is 0.960 bits per heavy atom. The van der Waals surface area contributed by atoms with Crippen LogP contribution in [0.1, 0.15) is 113 Å². The van der Waals surface area contributed by atoms with Gasteiger partial charge < -0.3 is 44.5 Å². The van der Waals surface area contributed by atoms with Crippen molar-refractivity contribution in [1.29, 1.82) is 0 Å². The number of aliphatic hydroxyl groups excluding tert-OH is 4. The first-order chi connectivity index (χ1) is 23.8. The number of phenols is 1. The van der Waals surface area contributed by atoms with Crippen LogP contribution >= 0.6 is 0 Å². The highest BCUT2D eigenvalue weighted by Crippen LogP contribution is 2.39. The Kier molecular flexibility index (Phi) is 16.5. The molecule has 0 amide bonds. The van der Waals surface area contributed by atoms with E-state index in [2.05, 4.69) is 25.5 Å². The Balaban J connectivity index is 0.000000308. The van der Waals surface area contributed by atoms with Crippen LogP contribution in [0.25, 0.3) is 0 Å². The van der Waals surface area contributed by atoms with Crippen LogP contribution in [0.3, 0.4) is 0 Å². The molecule has 2 aromatic carbocycles. The van der Waals surface area contributed by atoms with Gasteiger partial charge in [-0.2, -0.15) is 0 Å². The van der Waals surface area contributed by atoms with Crippen molar-refractivity contribution in [3.05, 3.63) is 53.1 Å². The van der Waals surface area contributed by atoms with Crippen LogP contribution < -0.4 is 9.47 Å². The molecule has 280 valence electrons. The van der Waals surface area contributed by atoms with Gasteiger partial charge >= 0.3 is 5.97 Å². The molecular weight excluding hydrogens is 644 g/mol. The number of benzene rings is 2. The quantitative estimate of drug-likeness (QED) is 0.142. The van der Waals surface area contributed by atoms with Gasteiger partial charge in [-0.3, -0.25) is 9.59 Å². The number of hydrogen-bond acceptors (Lipinski definition) is 11. The number of fused-ring (bicyclic) bond motifs is 1. The topological polar surface area (TPSA) is 172 Å². The second kappa shape index (κ2) is 20.0. The Morgan fingerprint density at radius 3 is 2.28 bits per heavy atom. The molecule has 0 spiro atoms. The number of ketones is 1. The van der Waals surface area contributed by atoms with Gasteiger partial charge in [-0.15, -0.1) is 0 Å². The summed E-state index contributed by atoms with van der Waals surface area (Å²) in [5.74, 6) is 2.06. The number of carbonyl (C=O) groups excluding carboxylic acids is 2. The van der Waals surface area contributed by atoms with Crippen molar-refractivity contribution >= 4 is 11.8 Å². The summed E-state index contributed by atoms with van der Waals surface area (Å²) in [6.07, 6.45) is 1.36. The third-order valence-corrected chi connectivity index (χ3v) is 9.53. The minimum Gasteiger partial charge on any atom is -0.508 e. The van der Waals surface area contributed by atoms with Crippen LogP contribution in [0.4, 0.5) is 0 Å². The number of aromatic hydroxyl groups is 1. The van der Waals surface area contributed by atoms with Gasteiger partial charge in [0.2, 0.25) is 6.29 Å². The number of aryl methyl sites for hydroxylation is 1. The fourth-order valence-corrected chi connectivity index (χ4v) is 6.24. The molecule has 11 nitrogen and oxygen atoms in total. The van der Waals surface area contributed by atoms with E-state index in [1.165, 1.54) is 26.0 Å². The number of phenolic OH excluding ortho intramolecular Hbond substituents is 1. The molecule has 6 unspecified atom stereocenters. The molecule has 0 aromatic heterocycles. The van der Waals surface area contributed by atoms with Crippen LogP contribution in [0.5, 0.6) is 17.2 Å². The van der Waals surface area contributed by atoms with Gasteiger partial charge in [0.25, 0.3) is 0 Å². The minimum absolute atomic E-state index is 0.101. The number of rotatable bonds is 15. The Morgan fingerprint density at radius 2 is 1.66 bits per heavy atom. The number of ether oxygens (including phenoxy) is 4. The van der Waals surface area contributed by atoms with E-state index in [0.717, 1.165) is 37.2 Å². The monoisotopic (exact) mass is 702 g/mol. The number of carbonyl (C=O) groups is 2. The average molecular weight is 703 g/mol. The van der Waals surface area contributed by atoms with Crippen LogP contribution in [-0.2, 0) is 14.3 Å². The highest BCUT2D eigenvalue weighted by atomic mass is 16.7. The van der Waals surface area contributed by atoms with E-state index in [9.17, 15) is 35.1 Å². The van der Waals surface area contributed by atoms with Gasteiger partial charge in [-0.05, 0) is 73.3 Å². The maximum Gasteiger partial charge on any atom is 0.305 e. The number of hydrogen-bond donors (Lipinski definition) is 5. The van der Waals surface area contributed by atoms with Crippen molar-refractivity contribution in [3.63, 3.8) is 0 Å². The first kappa shape index (κ1) is 41.2. The Labute approximate surface area is 296 Å². The fourth-order valence-electron chi connectivity index (χ4n) is 6.24. The maximum atomic E-state index is 12.6. The lowest BCUT2D eigenvalue weighted by molar-refractivity contribution is -0.272. The molecule has 2 aliphatic rings. The van der Waals surface area contributed by atoms with E-state index >= 15 is 0 Å². The van der Waals surface area contributed by atoms with E-state index in [1.54, 1.807) is 38.1 Å². The molecule has 0 bridgehead atoms. The van der Waals surface area contributed by atoms with Gasteiger partial charge in [0.05, 0.1) is 25.2 Å². The molecule has 0 aliphatic carbocycles. The number of esters is 1. The summed E-state index contributed by atoms with van der Waals surface area (Å²) >= 11 is 0. The summed E-state index contributed by atoms with van der Waals surface area (Å²) in [7, 11) is 1.44. The van der Waals surface area contributed by atoms with Crippen LogP contribution in [0.15, 0.2) is 36.4 Å². The van der Waals surface area contributed by atoms with E-state index in [0.29, 0.717) is 48.2 Å². The van der Waals surface area contributed by atoms with E-state index < -0.39 is 36.8 Å². The lowest BCUT2D eigenvalue weighted by Gasteiger charge is -2.40. The molecule has 50 heavy (non-hydrogen) atoms. The molecule has 2 aromatic rings. The Bertz CT molecular complexity index is 1360. The molecule has 2 heterocycles. The number of Topliss-reactive ketones (excluding diaryl/α,β-unsaturated/α-hetero) is 1. The molecule has 1 saturated heterocycles. The molecule has 0 saturated carbocycles. The highest BCUT2D eigenvalue weighted by Gasteiger charge is 2.44. The zero-order valence-corrected chi connectivity index (χ0v) is 30.4. The van der Waals surface area contributed by atoms with Gasteiger partial charge in [0, 0.05) is 19.1 Å². The minimum atomic E-state index is -1.44. The second-order valence-electron chi connectivity index (χ2n) is 14.2. The number of methoxy groups -OCH3 is 1. The molecule has 11 heteroatoms. The normalized spacial score (nSPS) is 24.3.